The fraction of sp³-hybridized carbons (Fsp3) is 0. The minimum Gasteiger partial charge on any atom is -0.493 e. The van der Waals surface area contributed by atoms with Crippen LogP contribution in [0.5, 0.6) is 5.88 Å². The number of imidazole rings is 1. The third-order valence-electron chi connectivity index (χ3n) is 4.13. The van der Waals surface area contributed by atoms with Gasteiger partial charge in [0.05, 0.1) is 16.8 Å². The van der Waals surface area contributed by atoms with Crippen molar-refractivity contribution in [1.82, 2.24) is 8.54 Å². The second-order valence-electron chi connectivity index (χ2n) is 5.72. The average molecular weight is 366 g/mol. The van der Waals surface area contributed by atoms with Crippen molar-refractivity contribution in [3.63, 3.8) is 0 Å². The van der Waals surface area contributed by atoms with Gasteiger partial charge >= 0.3 is 5.69 Å². The smallest absolute Gasteiger partial charge is 0.350 e. The van der Waals surface area contributed by atoms with E-state index in [0.29, 0.717) is 15.0 Å². The topological polar surface area (TPSA) is 81.3 Å². The summed E-state index contributed by atoms with van der Waals surface area (Å²) >= 11 is 0. The summed E-state index contributed by atoms with van der Waals surface area (Å²) in [4.78, 5) is 12.7. The Labute approximate surface area is 149 Å². The molecule has 0 fully saturated rings. The average Bonchev–Trinajstić information content (AvgIpc) is 2.97. The maximum atomic E-state index is 13.1. The molecule has 0 saturated carbocycles. The van der Waals surface area contributed by atoms with Gasteiger partial charge in [0.1, 0.15) is 0 Å². The predicted octanol–water partition coefficient (Wildman–Crippen LogP) is 2.73. The molecule has 0 aliphatic rings. The van der Waals surface area contributed by atoms with Gasteiger partial charge in [0.15, 0.2) is 0 Å². The normalized spacial score (nSPS) is 11.7. The van der Waals surface area contributed by atoms with Gasteiger partial charge in [-0.1, -0.05) is 54.6 Å². The molecule has 7 heteroatoms. The number of benzene rings is 3. The van der Waals surface area contributed by atoms with Crippen LogP contribution in [0.1, 0.15) is 0 Å². The number of fused-ring (bicyclic) bond motifs is 1. The highest BCUT2D eigenvalue weighted by Crippen LogP contribution is 2.26. The van der Waals surface area contributed by atoms with E-state index >= 15 is 0 Å². The Balaban J connectivity index is 1.98. The molecule has 4 aromatic rings. The fourth-order valence-electron chi connectivity index (χ4n) is 2.94. The summed E-state index contributed by atoms with van der Waals surface area (Å²) in [6.45, 7) is 0. The number of hydrogen-bond acceptors (Lipinski definition) is 4. The molecule has 1 aromatic heterocycles. The molecule has 0 radical (unpaired) electrons. The summed E-state index contributed by atoms with van der Waals surface area (Å²) < 4.78 is 27.8. The van der Waals surface area contributed by atoms with Crippen LogP contribution >= 0.6 is 0 Å². The second-order valence-corrected chi connectivity index (χ2v) is 7.48. The van der Waals surface area contributed by atoms with Gasteiger partial charge in [0, 0.05) is 5.39 Å². The van der Waals surface area contributed by atoms with Crippen LogP contribution < -0.4 is 5.69 Å². The minimum atomic E-state index is -4.28. The first-order valence-corrected chi connectivity index (χ1v) is 9.26. The van der Waals surface area contributed by atoms with Gasteiger partial charge < -0.3 is 5.11 Å². The highest BCUT2D eigenvalue weighted by atomic mass is 32.2. The highest BCUT2D eigenvalue weighted by Gasteiger charge is 2.27. The molecule has 0 spiro atoms. The Morgan fingerprint density at radius 3 is 2.23 bits per heavy atom. The van der Waals surface area contributed by atoms with Crippen molar-refractivity contribution >= 4 is 20.8 Å². The molecule has 0 unspecified atom stereocenters. The van der Waals surface area contributed by atoms with E-state index in [2.05, 4.69) is 0 Å². The van der Waals surface area contributed by atoms with E-state index in [1.54, 1.807) is 66.7 Å². The van der Waals surface area contributed by atoms with Gasteiger partial charge in [-0.2, -0.15) is 0 Å². The van der Waals surface area contributed by atoms with Crippen molar-refractivity contribution in [1.29, 1.82) is 0 Å². The number of rotatable bonds is 3. The molecular formula is C19H14N2O4S. The number of aromatic nitrogens is 2. The molecule has 1 heterocycles. The minimum absolute atomic E-state index is 0.0428. The molecule has 0 atom stereocenters. The molecule has 0 aliphatic carbocycles. The van der Waals surface area contributed by atoms with Crippen molar-refractivity contribution < 1.29 is 13.5 Å². The summed E-state index contributed by atoms with van der Waals surface area (Å²) in [6.07, 6.45) is 1.10. The fourth-order valence-corrected chi connectivity index (χ4v) is 4.44. The van der Waals surface area contributed by atoms with Crippen LogP contribution in [0.4, 0.5) is 0 Å². The lowest BCUT2D eigenvalue weighted by molar-refractivity contribution is 0.443. The largest absolute Gasteiger partial charge is 0.493 e. The Kier molecular flexibility index (Phi) is 3.66. The highest BCUT2D eigenvalue weighted by molar-refractivity contribution is 7.90. The monoisotopic (exact) mass is 366 g/mol. The third kappa shape index (κ3) is 2.41. The second kappa shape index (κ2) is 5.89. The summed E-state index contributed by atoms with van der Waals surface area (Å²) in [5.74, 6) is -0.646. The summed E-state index contributed by atoms with van der Waals surface area (Å²) in [5.41, 5.74) is -0.402. The van der Waals surface area contributed by atoms with Crippen LogP contribution in [0.15, 0.2) is 88.7 Å². The summed E-state index contributed by atoms with van der Waals surface area (Å²) in [6, 6.07) is 20.3. The van der Waals surface area contributed by atoms with Crippen LogP contribution in [0, 0.1) is 0 Å². The summed E-state index contributed by atoms with van der Waals surface area (Å²) in [5, 5.41) is 11.4. The number of para-hydroxylation sites is 1. The van der Waals surface area contributed by atoms with Crippen LogP contribution in [-0.2, 0) is 10.0 Å². The van der Waals surface area contributed by atoms with Crippen LogP contribution in [0.3, 0.4) is 0 Å². The lowest BCUT2D eigenvalue weighted by atomic mass is 10.1. The third-order valence-corrected chi connectivity index (χ3v) is 5.87. The maximum absolute atomic E-state index is 13.1. The molecule has 6 nitrogen and oxygen atoms in total. The van der Waals surface area contributed by atoms with Gasteiger partial charge in [-0.3, -0.25) is 4.57 Å². The maximum Gasteiger partial charge on any atom is 0.350 e. The van der Waals surface area contributed by atoms with Crippen LogP contribution in [-0.4, -0.2) is 22.1 Å². The standard InChI is InChI=1S/C19H14N2O4S/c22-18-13-20(15-9-2-1-3-10-15)19(23)21(18)26(24,25)17-12-6-8-14-7-4-5-11-16(14)17/h1-13,22H. The quantitative estimate of drug-likeness (QED) is 0.604. The Morgan fingerprint density at radius 2 is 1.46 bits per heavy atom. The van der Waals surface area contributed by atoms with E-state index < -0.39 is 21.6 Å². The van der Waals surface area contributed by atoms with Gasteiger partial charge in [0.25, 0.3) is 10.0 Å². The molecule has 0 bridgehead atoms. The van der Waals surface area contributed by atoms with E-state index in [4.69, 9.17) is 0 Å². The first-order chi connectivity index (χ1) is 12.5. The van der Waals surface area contributed by atoms with E-state index in [9.17, 15) is 18.3 Å². The first-order valence-electron chi connectivity index (χ1n) is 7.82. The van der Waals surface area contributed by atoms with E-state index in [0.717, 1.165) is 16.2 Å². The molecule has 1 N–H and O–H groups in total. The molecular weight excluding hydrogens is 352 g/mol. The first kappa shape index (κ1) is 16.2. The van der Waals surface area contributed by atoms with Gasteiger partial charge in [-0.05, 0) is 23.6 Å². The van der Waals surface area contributed by atoms with E-state index in [1.807, 2.05) is 0 Å². The molecule has 4 rings (SSSR count). The van der Waals surface area contributed by atoms with Crippen LogP contribution in [0.2, 0.25) is 0 Å². The number of aromatic hydroxyl groups is 1. The molecule has 26 heavy (non-hydrogen) atoms. The Morgan fingerprint density at radius 1 is 0.808 bits per heavy atom. The lowest BCUT2D eigenvalue weighted by Crippen LogP contribution is -2.29. The van der Waals surface area contributed by atoms with E-state index in [1.165, 1.54) is 6.07 Å². The number of nitrogens with zero attached hydrogens (tertiary/aromatic N) is 2. The zero-order valence-electron chi connectivity index (χ0n) is 13.5. The Bertz CT molecular complexity index is 1270. The van der Waals surface area contributed by atoms with Gasteiger partial charge in [-0.25, -0.2) is 13.2 Å². The molecule has 3 aromatic carbocycles. The SMILES string of the molecule is O=c1n(-c2ccccc2)cc(O)n1S(=O)(=O)c1cccc2ccccc12. The van der Waals surface area contributed by atoms with E-state index in [-0.39, 0.29) is 4.90 Å². The zero-order chi connectivity index (χ0) is 18.3. The zero-order valence-corrected chi connectivity index (χ0v) is 14.3. The predicted molar refractivity (Wildman–Crippen MR) is 98.2 cm³/mol. The molecule has 0 saturated heterocycles. The van der Waals surface area contributed by atoms with Crippen molar-refractivity contribution in [2.75, 3.05) is 0 Å². The van der Waals surface area contributed by atoms with Gasteiger partial charge in [-0.15, -0.1) is 3.97 Å². The van der Waals surface area contributed by atoms with Crippen LogP contribution in [0.25, 0.3) is 16.5 Å². The molecule has 130 valence electrons. The lowest BCUT2D eigenvalue weighted by Gasteiger charge is -2.09. The molecule has 0 amide bonds. The van der Waals surface area contributed by atoms with Crippen molar-refractivity contribution in [3.8, 4) is 11.6 Å². The molecule has 0 aliphatic heterocycles. The van der Waals surface area contributed by atoms with Crippen molar-refractivity contribution in [3.05, 3.63) is 89.5 Å². The summed E-state index contributed by atoms with van der Waals surface area (Å²) in [7, 11) is -4.28. The van der Waals surface area contributed by atoms with Crippen molar-refractivity contribution in [2.45, 2.75) is 4.90 Å². The number of hydrogen-bond donors (Lipinski definition) is 1. The Hall–Kier alpha value is -3.32. The van der Waals surface area contributed by atoms with Gasteiger partial charge in [0.2, 0.25) is 5.88 Å². The van der Waals surface area contributed by atoms with Crippen molar-refractivity contribution in [2.24, 2.45) is 0 Å².